The third kappa shape index (κ3) is 7.40. The van der Waals surface area contributed by atoms with Crippen LogP contribution < -0.4 is 26.6 Å². The van der Waals surface area contributed by atoms with E-state index in [0.29, 0.717) is 0 Å². The van der Waals surface area contributed by atoms with Gasteiger partial charge < -0.3 is 24.8 Å². The van der Waals surface area contributed by atoms with Crippen LogP contribution in [0.2, 0.25) is 0 Å². The van der Waals surface area contributed by atoms with E-state index >= 15 is 0 Å². The molecule has 0 spiro atoms. The van der Waals surface area contributed by atoms with Gasteiger partial charge in [-0.2, -0.15) is 5.09 Å². The fraction of sp³-hybridized carbons (Fsp3) is 0.542. The van der Waals surface area contributed by atoms with Crippen molar-refractivity contribution in [2.45, 2.75) is 64.6 Å². The number of nitrogens with one attached hydrogen (secondary N) is 2. The quantitative estimate of drug-likeness (QED) is 0.245. The van der Waals surface area contributed by atoms with Crippen molar-refractivity contribution in [3.63, 3.8) is 0 Å². The lowest BCUT2D eigenvalue weighted by Crippen LogP contribution is -2.53. The zero-order valence-electron chi connectivity index (χ0n) is 22.0. The summed E-state index contributed by atoms with van der Waals surface area (Å²) in [6.07, 6.45) is -2.50. The van der Waals surface area contributed by atoms with Crippen LogP contribution in [-0.4, -0.2) is 57.6 Å². The van der Waals surface area contributed by atoms with Gasteiger partial charge in [0.25, 0.3) is 5.56 Å². The number of carbonyl (C=O) groups is 1. The Morgan fingerprint density at radius 2 is 1.95 bits per heavy atom. The fourth-order valence-electron chi connectivity index (χ4n) is 3.63. The summed E-state index contributed by atoms with van der Waals surface area (Å²) >= 11 is 0. The summed E-state index contributed by atoms with van der Waals surface area (Å²) in [6, 6.07) is 8.21. The van der Waals surface area contributed by atoms with E-state index in [0.717, 1.165) is 10.6 Å². The van der Waals surface area contributed by atoms with Gasteiger partial charge in [-0.25, -0.2) is 9.36 Å². The number of aliphatic hydroxyl groups excluding tert-OH is 1. The fourth-order valence-corrected chi connectivity index (χ4v) is 5.13. The summed E-state index contributed by atoms with van der Waals surface area (Å²) in [4.78, 5) is 38.4. The number of nitrogens with zero attached hydrogens (tertiary/aromatic N) is 1. The molecule has 13 nitrogen and oxygen atoms in total. The molecule has 2 heterocycles. The number of para-hydroxylation sites is 1. The molecular formula is C24H35N4O9P. The maximum absolute atomic E-state index is 13.7. The molecular weight excluding hydrogens is 519 g/mol. The number of carbonyl (C=O) groups excluding carboxylic acids is 1. The van der Waals surface area contributed by atoms with E-state index in [9.17, 15) is 24.1 Å². The summed E-state index contributed by atoms with van der Waals surface area (Å²) < 4.78 is 37.1. The molecule has 1 saturated heterocycles. The number of hydrogen-bond acceptors (Lipinski definition) is 10. The Morgan fingerprint density at radius 1 is 1.29 bits per heavy atom. The largest absolute Gasteiger partial charge is 0.464 e. The Kier molecular flexibility index (Phi) is 9.02. The van der Waals surface area contributed by atoms with E-state index in [1.807, 2.05) is 20.8 Å². The minimum Gasteiger partial charge on any atom is -0.464 e. The van der Waals surface area contributed by atoms with Gasteiger partial charge in [0.15, 0.2) is 6.23 Å². The van der Waals surface area contributed by atoms with E-state index in [4.69, 9.17) is 24.3 Å². The molecule has 0 bridgehead atoms. The standard InChI is InChI=1S/C24H35N4O9P/c1-15(20(31)34-14-23(2,3)4)27-38(33,37-16-9-7-6-8-10-16)35-13-17-19(30)24(5,25)21(36-17)28-12-11-18(29)26-22(28)32/h6-12,15,17,19,21,30H,13-14,25H2,1-5H3,(H,27,33)(H,26,29,32). The van der Waals surface area contributed by atoms with Gasteiger partial charge in [0.2, 0.25) is 0 Å². The monoisotopic (exact) mass is 554 g/mol. The van der Waals surface area contributed by atoms with Gasteiger partial charge >= 0.3 is 19.4 Å². The SMILES string of the molecule is CC(NP(=O)(OCC1OC(n2ccc(=O)[nH]c2=O)C(C)(N)C1O)Oc1ccccc1)C(=O)OCC(C)(C)C. The Morgan fingerprint density at radius 3 is 2.55 bits per heavy atom. The van der Waals surface area contributed by atoms with Crippen LogP contribution in [0, 0.1) is 5.41 Å². The second-order valence-corrected chi connectivity index (χ2v) is 12.3. The summed E-state index contributed by atoms with van der Waals surface area (Å²) in [6.45, 7) is 8.28. The van der Waals surface area contributed by atoms with Crippen LogP contribution in [0.1, 0.15) is 40.8 Å². The van der Waals surface area contributed by atoms with Gasteiger partial charge in [-0.1, -0.05) is 39.0 Å². The van der Waals surface area contributed by atoms with Crippen molar-refractivity contribution in [1.29, 1.82) is 0 Å². The third-order valence-electron chi connectivity index (χ3n) is 5.66. The lowest BCUT2D eigenvalue weighted by molar-refractivity contribution is -0.148. The van der Waals surface area contributed by atoms with E-state index in [1.54, 1.807) is 30.3 Å². The van der Waals surface area contributed by atoms with Crippen molar-refractivity contribution in [3.8, 4) is 5.75 Å². The molecule has 38 heavy (non-hydrogen) atoms. The van der Waals surface area contributed by atoms with Crippen molar-refractivity contribution in [2.75, 3.05) is 13.2 Å². The maximum Gasteiger partial charge on any atom is 0.459 e. The van der Waals surface area contributed by atoms with Crippen molar-refractivity contribution >= 4 is 13.7 Å². The van der Waals surface area contributed by atoms with Gasteiger partial charge in [0.1, 0.15) is 24.0 Å². The first kappa shape index (κ1) is 29.8. The Balaban J connectivity index is 1.78. The molecule has 0 saturated carbocycles. The molecule has 0 aliphatic carbocycles. The number of rotatable bonds is 10. The smallest absolute Gasteiger partial charge is 0.459 e. The first-order valence-electron chi connectivity index (χ1n) is 12.0. The average molecular weight is 555 g/mol. The highest BCUT2D eigenvalue weighted by Crippen LogP contribution is 2.46. The number of aromatic nitrogens is 2. The number of nitrogens with two attached hydrogens (primary N) is 1. The number of aromatic amines is 1. The van der Waals surface area contributed by atoms with Gasteiger partial charge in [-0.3, -0.25) is 23.7 Å². The molecule has 1 aromatic heterocycles. The van der Waals surface area contributed by atoms with Gasteiger partial charge in [0, 0.05) is 12.3 Å². The molecule has 1 fully saturated rings. The van der Waals surface area contributed by atoms with Gasteiger partial charge in [-0.05, 0) is 31.4 Å². The molecule has 1 aromatic carbocycles. The van der Waals surface area contributed by atoms with Crippen LogP contribution in [0.25, 0.3) is 0 Å². The molecule has 2 aromatic rings. The number of hydrogen-bond donors (Lipinski definition) is 4. The van der Waals surface area contributed by atoms with Gasteiger partial charge in [-0.15, -0.1) is 0 Å². The highest BCUT2D eigenvalue weighted by atomic mass is 31.2. The van der Waals surface area contributed by atoms with Crippen LogP contribution in [-0.2, 0) is 23.4 Å². The predicted octanol–water partition coefficient (Wildman–Crippen LogP) is 1.28. The van der Waals surface area contributed by atoms with E-state index < -0.39 is 61.6 Å². The topological polar surface area (TPSA) is 184 Å². The minimum atomic E-state index is -4.24. The first-order valence-corrected chi connectivity index (χ1v) is 13.5. The Hall–Kier alpha value is -2.80. The van der Waals surface area contributed by atoms with E-state index in [-0.39, 0.29) is 17.8 Å². The molecule has 6 unspecified atom stereocenters. The summed E-state index contributed by atoms with van der Waals surface area (Å²) in [7, 11) is -4.24. The Labute approximate surface area is 219 Å². The number of benzene rings is 1. The third-order valence-corrected chi connectivity index (χ3v) is 7.30. The summed E-state index contributed by atoms with van der Waals surface area (Å²) in [5.74, 6) is -0.461. The molecule has 6 atom stereocenters. The molecule has 0 radical (unpaired) electrons. The van der Waals surface area contributed by atoms with Crippen LogP contribution in [0.4, 0.5) is 0 Å². The zero-order valence-corrected chi connectivity index (χ0v) is 22.8. The normalized spacial score (nSPS) is 25.9. The van der Waals surface area contributed by atoms with Gasteiger partial charge in [0.05, 0.1) is 18.8 Å². The minimum absolute atomic E-state index is 0.144. The molecule has 3 rings (SSSR count). The van der Waals surface area contributed by atoms with Crippen molar-refractivity contribution in [3.05, 3.63) is 63.4 Å². The first-order chi connectivity index (χ1) is 17.6. The summed E-state index contributed by atoms with van der Waals surface area (Å²) in [5, 5.41) is 13.4. The lowest BCUT2D eigenvalue weighted by Gasteiger charge is -2.28. The number of ether oxygens (including phenoxy) is 2. The van der Waals surface area contributed by atoms with E-state index in [2.05, 4.69) is 10.1 Å². The average Bonchev–Trinajstić information content (AvgIpc) is 3.04. The number of esters is 1. The maximum atomic E-state index is 13.7. The highest BCUT2D eigenvalue weighted by molar-refractivity contribution is 7.52. The van der Waals surface area contributed by atoms with Crippen LogP contribution >= 0.6 is 7.75 Å². The predicted molar refractivity (Wildman–Crippen MR) is 137 cm³/mol. The molecule has 210 valence electrons. The second-order valence-electron chi connectivity index (χ2n) is 10.6. The molecule has 1 aliphatic heterocycles. The highest BCUT2D eigenvalue weighted by Gasteiger charge is 2.52. The second kappa shape index (κ2) is 11.5. The molecule has 0 amide bonds. The van der Waals surface area contributed by atoms with Crippen LogP contribution in [0.3, 0.4) is 0 Å². The summed E-state index contributed by atoms with van der Waals surface area (Å²) in [5.41, 5.74) is 3.14. The zero-order chi connectivity index (χ0) is 28.3. The number of aliphatic hydroxyl groups is 1. The lowest BCUT2D eigenvalue weighted by atomic mass is 9.93. The molecule has 1 aliphatic rings. The van der Waals surface area contributed by atoms with Crippen LogP contribution in [0.5, 0.6) is 5.75 Å². The van der Waals surface area contributed by atoms with Crippen molar-refractivity contribution in [1.82, 2.24) is 14.6 Å². The number of H-pyrrole nitrogens is 1. The van der Waals surface area contributed by atoms with E-state index in [1.165, 1.54) is 20.0 Å². The van der Waals surface area contributed by atoms with Crippen molar-refractivity contribution < 1.29 is 33.0 Å². The van der Waals surface area contributed by atoms with Crippen molar-refractivity contribution in [2.24, 2.45) is 11.1 Å². The molecule has 5 N–H and O–H groups in total. The van der Waals surface area contributed by atoms with Crippen LogP contribution in [0.15, 0.2) is 52.2 Å². The Bertz CT molecular complexity index is 1270. The molecule has 14 heteroatoms.